The molecule has 2 aromatic heterocycles. The Morgan fingerprint density at radius 3 is 1.53 bits per heavy atom. The number of para-hydroxylation sites is 2. The Balaban J connectivity index is 1.78. The average Bonchev–Trinajstić information content (AvgIpc) is 3.19. The van der Waals surface area contributed by atoms with E-state index in [2.05, 4.69) is 119 Å². The number of halogens is 1. The summed E-state index contributed by atoms with van der Waals surface area (Å²) < 4.78 is 2.19. The minimum absolute atomic E-state index is 0.553. The van der Waals surface area contributed by atoms with E-state index in [1.165, 1.54) is 21.9 Å². The maximum atomic E-state index is 7.34. The second-order valence-electron chi connectivity index (χ2n) is 10.5. The molecule has 0 saturated carbocycles. The van der Waals surface area contributed by atoms with Crippen LogP contribution in [0.25, 0.3) is 50.3 Å². The summed E-state index contributed by atoms with van der Waals surface area (Å²) >= 11 is 7.34. The van der Waals surface area contributed by atoms with Crippen molar-refractivity contribution in [2.75, 3.05) is 0 Å². The van der Waals surface area contributed by atoms with E-state index >= 15 is 0 Å². The Kier molecular flexibility index (Phi) is 5.85. The zero-order valence-corrected chi connectivity index (χ0v) is 23.4. The first kappa shape index (κ1) is 24.4. The summed E-state index contributed by atoms with van der Waals surface area (Å²) in [5.41, 5.74) is 12.1. The predicted molar refractivity (Wildman–Crippen MR) is 161 cm³/mol. The van der Waals surface area contributed by atoms with E-state index in [0.29, 0.717) is 16.7 Å². The summed E-state index contributed by atoms with van der Waals surface area (Å²) in [6.45, 7) is 12.8. The highest BCUT2D eigenvalue weighted by Gasteiger charge is 2.23. The Morgan fingerprint density at radius 2 is 1.03 bits per heavy atom. The third-order valence-corrected chi connectivity index (χ3v) is 7.79. The van der Waals surface area contributed by atoms with Crippen LogP contribution in [-0.2, 0) is 0 Å². The van der Waals surface area contributed by atoms with E-state index in [9.17, 15) is 0 Å². The first-order valence-corrected chi connectivity index (χ1v) is 13.3. The van der Waals surface area contributed by atoms with Crippen LogP contribution in [0.1, 0.15) is 33.4 Å². The molecule has 3 nitrogen and oxygen atoms in total. The molecule has 188 valence electrons. The van der Waals surface area contributed by atoms with E-state index in [1.807, 2.05) is 0 Å². The van der Waals surface area contributed by atoms with E-state index in [1.54, 1.807) is 0 Å². The quantitative estimate of drug-likeness (QED) is 0.235. The Bertz CT molecular complexity index is 1800. The highest BCUT2D eigenvalue weighted by Crippen LogP contribution is 2.40. The Morgan fingerprint density at radius 1 is 0.579 bits per heavy atom. The van der Waals surface area contributed by atoms with Crippen LogP contribution in [0.15, 0.2) is 72.8 Å². The van der Waals surface area contributed by atoms with Crippen molar-refractivity contribution in [2.45, 2.75) is 41.5 Å². The van der Waals surface area contributed by atoms with Crippen LogP contribution in [0.2, 0.25) is 5.02 Å². The van der Waals surface area contributed by atoms with Gasteiger partial charge in [-0.05, 0) is 75.9 Å². The van der Waals surface area contributed by atoms with Crippen molar-refractivity contribution < 1.29 is 0 Å². The fraction of sp³-hybridized carbons (Fsp3) is 0.176. The van der Waals surface area contributed by atoms with Gasteiger partial charge in [0.15, 0.2) is 11.6 Å². The second-order valence-corrected chi connectivity index (χ2v) is 10.8. The maximum absolute atomic E-state index is 7.34. The molecule has 0 fully saturated rings. The van der Waals surface area contributed by atoms with Crippen LogP contribution in [0, 0.1) is 41.5 Å². The van der Waals surface area contributed by atoms with Crippen LogP contribution in [-0.4, -0.2) is 14.5 Å². The fourth-order valence-corrected chi connectivity index (χ4v) is 6.36. The van der Waals surface area contributed by atoms with Crippen molar-refractivity contribution in [1.82, 2.24) is 14.5 Å². The second kappa shape index (κ2) is 9.11. The van der Waals surface area contributed by atoms with Gasteiger partial charge < -0.3 is 0 Å². The maximum Gasteiger partial charge on any atom is 0.162 e. The largest absolute Gasteiger partial charge is 0.292 e. The van der Waals surface area contributed by atoms with Crippen LogP contribution in [0.3, 0.4) is 0 Å². The molecular formula is C34H30ClN3. The van der Waals surface area contributed by atoms with Gasteiger partial charge in [-0.3, -0.25) is 4.57 Å². The number of aromatic nitrogens is 3. The molecule has 0 saturated heterocycles. The van der Waals surface area contributed by atoms with Crippen molar-refractivity contribution >= 4 is 33.4 Å². The van der Waals surface area contributed by atoms with Gasteiger partial charge in [0, 0.05) is 21.9 Å². The Labute approximate surface area is 228 Å². The monoisotopic (exact) mass is 515 g/mol. The highest BCUT2D eigenvalue weighted by atomic mass is 35.5. The number of nitrogens with zero attached hydrogens (tertiary/aromatic N) is 3. The summed E-state index contributed by atoms with van der Waals surface area (Å²) in [4.78, 5) is 10.4. The van der Waals surface area contributed by atoms with Gasteiger partial charge in [0.2, 0.25) is 0 Å². The molecule has 0 spiro atoms. The van der Waals surface area contributed by atoms with Gasteiger partial charge in [-0.2, -0.15) is 0 Å². The smallest absolute Gasteiger partial charge is 0.162 e. The van der Waals surface area contributed by atoms with E-state index < -0.39 is 0 Å². The summed E-state index contributed by atoms with van der Waals surface area (Å²) in [5, 5.41) is 2.90. The number of rotatable bonds is 3. The molecule has 0 N–H and O–H groups in total. The van der Waals surface area contributed by atoms with E-state index in [0.717, 1.165) is 50.1 Å². The first-order chi connectivity index (χ1) is 18.2. The Hall–Kier alpha value is -3.95. The third kappa shape index (κ3) is 3.81. The van der Waals surface area contributed by atoms with Gasteiger partial charge in [-0.1, -0.05) is 83.4 Å². The molecule has 0 aliphatic heterocycles. The van der Waals surface area contributed by atoms with Gasteiger partial charge in [-0.15, -0.1) is 0 Å². The molecule has 38 heavy (non-hydrogen) atoms. The molecule has 0 aliphatic carbocycles. The number of hydrogen-bond donors (Lipinski definition) is 0. The van der Waals surface area contributed by atoms with Crippen molar-refractivity contribution in [3.63, 3.8) is 0 Å². The molecule has 2 heterocycles. The molecule has 0 amide bonds. The van der Waals surface area contributed by atoms with Crippen LogP contribution >= 0.6 is 11.6 Å². The predicted octanol–water partition coefficient (Wildman–Crippen LogP) is 9.41. The summed E-state index contributed by atoms with van der Waals surface area (Å²) in [6, 6.07) is 25.7. The molecule has 0 atom stereocenters. The number of aryl methyl sites for hydroxylation is 6. The summed E-state index contributed by atoms with van der Waals surface area (Å²) in [7, 11) is 0. The SMILES string of the molecule is Cc1cc(C)c(-c2nc(-c3c(C)cc(C)cc3C)c(Cl)c(-n3c4ccccc4c4ccccc43)n2)c(C)c1. The third-order valence-electron chi connectivity index (χ3n) is 7.44. The lowest BCUT2D eigenvalue weighted by molar-refractivity contribution is 1.04. The molecule has 6 aromatic rings. The first-order valence-electron chi connectivity index (χ1n) is 13.0. The lowest BCUT2D eigenvalue weighted by Crippen LogP contribution is -2.07. The van der Waals surface area contributed by atoms with Crippen molar-refractivity contribution in [3.05, 3.63) is 111 Å². The van der Waals surface area contributed by atoms with Gasteiger partial charge >= 0.3 is 0 Å². The lowest BCUT2D eigenvalue weighted by atomic mass is 9.96. The number of benzene rings is 4. The zero-order valence-electron chi connectivity index (χ0n) is 22.6. The average molecular weight is 516 g/mol. The molecule has 0 radical (unpaired) electrons. The van der Waals surface area contributed by atoms with Crippen molar-refractivity contribution in [1.29, 1.82) is 0 Å². The topological polar surface area (TPSA) is 30.7 Å². The van der Waals surface area contributed by atoms with Crippen LogP contribution in [0.5, 0.6) is 0 Å². The van der Waals surface area contributed by atoms with Gasteiger partial charge in [0.1, 0.15) is 5.02 Å². The van der Waals surface area contributed by atoms with Crippen molar-refractivity contribution in [2.24, 2.45) is 0 Å². The van der Waals surface area contributed by atoms with Crippen molar-refractivity contribution in [3.8, 4) is 28.5 Å². The molecule has 0 unspecified atom stereocenters. The standard InChI is InChI=1S/C34H30ClN3/c1-19-15-21(3)29(22(4)16-19)32-31(35)34(37-33(36-32)30-23(5)17-20(2)18-24(30)6)38-27-13-9-7-11-25(27)26-12-8-10-14-28(26)38/h7-18H,1-6H3. The molecule has 6 rings (SSSR count). The fourth-order valence-electron chi connectivity index (χ4n) is 6.10. The van der Waals surface area contributed by atoms with E-state index in [-0.39, 0.29) is 0 Å². The van der Waals surface area contributed by atoms with Gasteiger partial charge in [0.05, 0.1) is 16.7 Å². The molecule has 4 heteroatoms. The van der Waals surface area contributed by atoms with Crippen LogP contribution in [0.4, 0.5) is 0 Å². The normalized spacial score (nSPS) is 11.6. The number of hydrogen-bond acceptors (Lipinski definition) is 2. The molecular weight excluding hydrogens is 486 g/mol. The molecule has 0 aliphatic rings. The summed E-state index contributed by atoms with van der Waals surface area (Å²) in [5.74, 6) is 1.39. The number of fused-ring (bicyclic) bond motifs is 3. The zero-order chi connectivity index (χ0) is 26.7. The summed E-state index contributed by atoms with van der Waals surface area (Å²) in [6.07, 6.45) is 0. The highest BCUT2D eigenvalue weighted by molar-refractivity contribution is 6.35. The minimum Gasteiger partial charge on any atom is -0.292 e. The van der Waals surface area contributed by atoms with Gasteiger partial charge in [-0.25, -0.2) is 9.97 Å². The van der Waals surface area contributed by atoms with E-state index in [4.69, 9.17) is 21.6 Å². The minimum atomic E-state index is 0.553. The van der Waals surface area contributed by atoms with Gasteiger partial charge in [0.25, 0.3) is 0 Å². The van der Waals surface area contributed by atoms with Crippen LogP contribution < -0.4 is 0 Å². The lowest BCUT2D eigenvalue weighted by Gasteiger charge is -2.19. The molecule has 0 bridgehead atoms. The molecule has 4 aromatic carbocycles.